The molecule has 0 saturated heterocycles. The molecule has 6 aromatic rings. The number of aromatic hydroxyl groups is 2. The second-order valence-electron chi connectivity index (χ2n) is 10.7. The summed E-state index contributed by atoms with van der Waals surface area (Å²) in [5.74, 6) is -1.11. The normalized spacial score (nSPS) is 13.7. The van der Waals surface area contributed by atoms with Gasteiger partial charge in [0, 0.05) is 25.7 Å². The Morgan fingerprint density at radius 3 is 2.29 bits per heavy atom. The number of thiophene rings is 2. The maximum atomic E-state index is 13.6. The quantitative estimate of drug-likeness (QED) is 0.190. The maximum Gasteiger partial charge on any atom is 0.337 e. The van der Waals surface area contributed by atoms with E-state index < -0.39 is 5.97 Å². The minimum atomic E-state index is -0.531. The molecule has 4 heterocycles. The number of ether oxygens (including phenoxy) is 1. The number of carbonyl (C=O) groups is 3. The molecular formula is C35H20N2O6S2. The first kappa shape index (κ1) is 27.1. The molecule has 8 rings (SSSR count). The van der Waals surface area contributed by atoms with E-state index in [2.05, 4.69) is 9.98 Å². The Labute approximate surface area is 263 Å². The van der Waals surface area contributed by atoms with Crippen molar-refractivity contribution in [2.24, 2.45) is 9.98 Å². The first-order chi connectivity index (χ1) is 21.8. The molecule has 10 heteroatoms. The van der Waals surface area contributed by atoms with Gasteiger partial charge < -0.3 is 14.9 Å². The fourth-order valence-corrected chi connectivity index (χ4v) is 7.98. The molecule has 0 saturated carbocycles. The van der Waals surface area contributed by atoms with Crippen molar-refractivity contribution in [3.8, 4) is 10.1 Å². The van der Waals surface area contributed by atoms with Gasteiger partial charge in [-0.15, -0.1) is 0 Å². The van der Waals surface area contributed by atoms with Crippen LogP contribution in [0.15, 0.2) is 88.8 Å². The number of Topliss-reactive ketones (excluding diaryl/α,β-unsaturated/α-hetero) is 2. The second kappa shape index (κ2) is 10.0. The van der Waals surface area contributed by atoms with Crippen molar-refractivity contribution in [3.05, 3.63) is 118 Å². The van der Waals surface area contributed by atoms with Crippen LogP contribution in [0.2, 0.25) is 0 Å². The van der Waals surface area contributed by atoms with E-state index in [1.807, 2.05) is 60.7 Å². The number of esters is 1. The third-order valence-electron chi connectivity index (χ3n) is 8.09. The molecule has 8 nitrogen and oxygen atoms in total. The van der Waals surface area contributed by atoms with E-state index in [1.165, 1.54) is 30.6 Å². The lowest BCUT2D eigenvalue weighted by Crippen LogP contribution is -2.11. The summed E-state index contributed by atoms with van der Waals surface area (Å²) >= 11 is 2.38. The molecule has 4 aromatic carbocycles. The highest BCUT2D eigenvalue weighted by Crippen LogP contribution is 2.44. The van der Waals surface area contributed by atoms with Crippen LogP contribution in [0.5, 0.6) is 10.1 Å². The molecule has 2 N–H and O–H groups in total. The van der Waals surface area contributed by atoms with Gasteiger partial charge in [0.1, 0.15) is 11.4 Å². The number of methoxy groups -OCH3 is 1. The monoisotopic (exact) mass is 628 g/mol. The van der Waals surface area contributed by atoms with Crippen LogP contribution in [0.25, 0.3) is 20.2 Å². The average Bonchev–Trinajstić information content (AvgIpc) is 3.76. The third kappa shape index (κ3) is 4.14. The topological polar surface area (TPSA) is 126 Å². The zero-order valence-corrected chi connectivity index (χ0v) is 25.1. The van der Waals surface area contributed by atoms with Crippen LogP contribution in [0, 0.1) is 0 Å². The highest BCUT2D eigenvalue weighted by atomic mass is 32.1. The summed E-state index contributed by atoms with van der Waals surface area (Å²) in [5.41, 5.74) is 4.92. The number of rotatable bonds is 5. The number of nitrogens with zero attached hydrogens (tertiary/aromatic N) is 2. The first-order valence-corrected chi connectivity index (χ1v) is 15.5. The van der Waals surface area contributed by atoms with Crippen LogP contribution in [0.1, 0.15) is 53.3 Å². The number of carbonyl (C=O) groups excluding carboxylic acids is 3. The number of ketones is 2. The minimum absolute atomic E-state index is 0.0319. The summed E-state index contributed by atoms with van der Waals surface area (Å²) in [7, 11) is 1.28. The highest BCUT2D eigenvalue weighted by Gasteiger charge is 2.32. The molecule has 0 amide bonds. The number of benzene rings is 4. The molecule has 0 aliphatic carbocycles. The number of hydrogen-bond acceptors (Lipinski definition) is 10. The molecule has 0 radical (unpaired) electrons. The fraction of sp³-hybridized carbons (Fsp3) is 0.0571. The molecule has 2 aromatic heterocycles. The van der Waals surface area contributed by atoms with Gasteiger partial charge in [0.25, 0.3) is 0 Å². The van der Waals surface area contributed by atoms with Gasteiger partial charge in [-0.05, 0) is 53.9 Å². The predicted molar refractivity (Wildman–Crippen MR) is 175 cm³/mol. The van der Waals surface area contributed by atoms with Gasteiger partial charge in [0.05, 0.1) is 40.7 Å². The Bertz CT molecular complexity index is 2380. The summed E-state index contributed by atoms with van der Waals surface area (Å²) in [6.07, 6.45) is 0.461. The van der Waals surface area contributed by atoms with E-state index in [0.29, 0.717) is 45.4 Å². The molecule has 0 unspecified atom stereocenters. The first-order valence-electron chi connectivity index (χ1n) is 13.9. The van der Waals surface area contributed by atoms with Crippen LogP contribution < -0.4 is 0 Å². The van der Waals surface area contributed by atoms with Gasteiger partial charge >= 0.3 is 5.97 Å². The van der Waals surface area contributed by atoms with Crippen LogP contribution >= 0.6 is 22.7 Å². The molecule has 2 aliphatic rings. The Hall–Kier alpha value is -5.45. The van der Waals surface area contributed by atoms with Gasteiger partial charge in [0.15, 0.2) is 10.1 Å². The summed E-state index contributed by atoms with van der Waals surface area (Å²) < 4.78 is 6.46. The molecule has 0 atom stereocenters. The lowest BCUT2D eigenvalue weighted by Gasteiger charge is -2.06. The van der Waals surface area contributed by atoms with Crippen LogP contribution in [-0.4, -0.2) is 46.3 Å². The second-order valence-corrected chi connectivity index (χ2v) is 12.7. The zero-order chi connectivity index (χ0) is 31.0. The number of aliphatic imine (C=N–C) groups is 2. The largest absolute Gasteiger partial charge is 0.499 e. The maximum absolute atomic E-state index is 13.6. The van der Waals surface area contributed by atoms with Gasteiger partial charge in [-0.3, -0.25) is 9.59 Å². The number of hydrogen-bond donors (Lipinski definition) is 2. The lowest BCUT2D eigenvalue weighted by atomic mass is 9.96. The Balaban J connectivity index is 1.12. The van der Waals surface area contributed by atoms with E-state index >= 15 is 0 Å². The lowest BCUT2D eigenvalue weighted by molar-refractivity contribution is 0.0600. The Kier molecular flexibility index (Phi) is 6.06. The van der Waals surface area contributed by atoms with Crippen molar-refractivity contribution in [2.75, 3.05) is 7.11 Å². The predicted octanol–water partition coefficient (Wildman–Crippen LogP) is 7.54. The van der Waals surface area contributed by atoms with Crippen molar-refractivity contribution >= 4 is 83.2 Å². The minimum Gasteiger partial charge on any atom is -0.499 e. The van der Waals surface area contributed by atoms with Crippen molar-refractivity contribution < 1.29 is 29.3 Å². The van der Waals surface area contributed by atoms with Crippen LogP contribution in [-0.2, 0) is 11.2 Å². The molecule has 45 heavy (non-hydrogen) atoms. The van der Waals surface area contributed by atoms with E-state index in [-0.39, 0.29) is 38.7 Å². The van der Waals surface area contributed by atoms with E-state index in [0.717, 1.165) is 37.2 Å². The summed E-state index contributed by atoms with van der Waals surface area (Å²) in [6.45, 7) is 0. The van der Waals surface area contributed by atoms with Crippen LogP contribution in [0.4, 0.5) is 11.4 Å². The van der Waals surface area contributed by atoms with Gasteiger partial charge in [-0.1, -0.05) is 65.1 Å². The van der Waals surface area contributed by atoms with Crippen molar-refractivity contribution in [1.29, 1.82) is 0 Å². The van der Waals surface area contributed by atoms with Crippen LogP contribution in [0.3, 0.4) is 0 Å². The van der Waals surface area contributed by atoms with Gasteiger partial charge in [0.2, 0.25) is 11.6 Å². The molecular weight excluding hydrogens is 609 g/mol. The summed E-state index contributed by atoms with van der Waals surface area (Å²) in [4.78, 5) is 48.0. The standard InChI is InChI=1S/C35H20N2O6S2/c1-43-33(40)18-10-11-19-24(15-18)37-29(30(19)38)27-21-7-4-5-17(32(21)45-35(27)42)13-16-9-12-23-22(14-16)31(39)28(36-23)26-20-6-2-3-8-25(20)44-34(26)41/h2-12,14-15,41-42H,13H2,1H3. The third-order valence-corrected chi connectivity index (χ3v) is 10.1. The summed E-state index contributed by atoms with van der Waals surface area (Å²) in [6, 6.07) is 23.3. The Morgan fingerprint density at radius 1 is 0.756 bits per heavy atom. The highest BCUT2D eigenvalue weighted by molar-refractivity contribution is 7.21. The van der Waals surface area contributed by atoms with Crippen molar-refractivity contribution in [3.63, 3.8) is 0 Å². The molecule has 0 bridgehead atoms. The van der Waals surface area contributed by atoms with Crippen molar-refractivity contribution in [2.45, 2.75) is 6.42 Å². The molecule has 0 spiro atoms. The zero-order valence-electron chi connectivity index (χ0n) is 23.5. The van der Waals surface area contributed by atoms with Gasteiger partial charge in [-0.2, -0.15) is 0 Å². The van der Waals surface area contributed by atoms with Gasteiger partial charge in [-0.25, -0.2) is 14.8 Å². The van der Waals surface area contributed by atoms with E-state index in [9.17, 15) is 24.6 Å². The summed E-state index contributed by atoms with van der Waals surface area (Å²) in [5, 5.41) is 23.3. The molecule has 0 fully saturated rings. The van der Waals surface area contributed by atoms with Crippen molar-refractivity contribution in [1.82, 2.24) is 0 Å². The fourth-order valence-electron chi connectivity index (χ4n) is 5.98. The Morgan fingerprint density at radius 2 is 1.47 bits per heavy atom. The SMILES string of the molecule is COC(=O)c1ccc2c(c1)N=C(c1c(O)sc3c(Cc4ccc5c(c4)C(=O)C(c4c(O)sc6ccccc46)=N5)cccc13)C2=O. The van der Waals surface area contributed by atoms with E-state index in [1.54, 1.807) is 6.07 Å². The number of fused-ring (bicyclic) bond motifs is 4. The average molecular weight is 629 g/mol. The molecule has 218 valence electrons. The van der Waals surface area contributed by atoms with E-state index in [4.69, 9.17) is 4.74 Å². The molecule has 2 aliphatic heterocycles. The smallest absolute Gasteiger partial charge is 0.337 e.